The van der Waals surface area contributed by atoms with Gasteiger partial charge in [-0.15, -0.1) is 0 Å². The summed E-state index contributed by atoms with van der Waals surface area (Å²) in [7, 11) is 0. The largest absolute Gasteiger partial charge is 0.381 e. The molecule has 1 aliphatic carbocycles. The van der Waals surface area contributed by atoms with Crippen LogP contribution >= 0.6 is 0 Å². The zero-order valence-corrected chi connectivity index (χ0v) is 13.0. The van der Waals surface area contributed by atoms with E-state index in [1.54, 1.807) is 0 Å². The molecule has 1 aliphatic heterocycles. The van der Waals surface area contributed by atoms with Gasteiger partial charge in [0, 0.05) is 25.0 Å². The first kappa shape index (κ1) is 15.0. The molecule has 0 radical (unpaired) electrons. The molecule has 0 amide bonds. The summed E-state index contributed by atoms with van der Waals surface area (Å²) in [6.07, 6.45) is 8.44. The van der Waals surface area contributed by atoms with Crippen molar-refractivity contribution in [3.8, 4) is 0 Å². The van der Waals surface area contributed by atoms with Gasteiger partial charge in [0.05, 0.1) is 6.61 Å². The molecule has 1 aromatic rings. The Morgan fingerprint density at radius 1 is 1.29 bits per heavy atom. The third-order valence-electron chi connectivity index (χ3n) is 4.80. The predicted molar refractivity (Wildman–Crippen MR) is 80.2 cm³/mol. The van der Waals surface area contributed by atoms with E-state index >= 15 is 0 Å². The summed E-state index contributed by atoms with van der Waals surface area (Å²) in [6.45, 7) is 4.83. The zero-order valence-electron chi connectivity index (χ0n) is 13.0. The molecule has 118 valence electrons. The topological polar surface area (TPSA) is 60.2 Å². The van der Waals surface area contributed by atoms with Crippen molar-refractivity contribution in [2.45, 2.75) is 63.8 Å². The number of nitrogens with zero attached hydrogens (tertiary/aromatic N) is 2. The summed E-state index contributed by atoms with van der Waals surface area (Å²) in [6, 6.07) is 0.487. The van der Waals surface area contributed by atoms with Crippen LogP contribution in [0.1, 0.15) is 63.1 Å². The smallest absolute Gasteiger partial charge is 0.228 e. The highest BCUT2D eigenvalue weighted by molar-refractivity contribution is 4.99. The molecule has 2 unspecified atom stereocenters. The Morgan fingerprint density at radius 3 is 2.86 bits per heavy atom. The average molecular weight is 293 g/mol. The highest BCUT2D eigenvalue weighted by Gasteiger charge is 2.28. The van der Waals surface area contributed by atoms with Gasteiger partial charge in [0.2, 0.25) is 5.89 Å². The lowest BCUT2D eigenvalue weighted by Crippen LogP contribution is -2.37. The van der Waals surface area contributed by atoms with E-state index in [4.69, 9.17) is 9.26 Å². The van der Waals surface area contributed by atoms with Crippen molar-refractivity contribution in [3.05, 3.63) is 11.7 Å². The molecular formula is C16H27N3O2. The lowest BCUT2D eigenvalue weighted by molar-refractivity contribution is 0.192. The Balaban J connectivity index is 1.61. The first-order valence-electron chi connectivity index (χ1n) is 8.50. The second kappa shape index (κ2) is 7.36. The SMILES string of the molecule is CCCNC(Cc1nc(C2CCOC2)no1)C1CCCC1. The fraction of sp³-hybridized carbons (Fsp3) is 0.875. The number of nitrogens with one attached hydrogen (secondary N) is 1. The van der Waals surface area contributed by atoms with Crippen molar-refractivity contribution in [3.63, 3.8) is 0 Å². The van der Waals surface area contributed by atoms with Crippen LogP contribution in [-0.4, -0.2) is 35.9 Å². The van der Waals surface area contributed by atoms with Crippen LogP contribution < -0.4 is 5.32 Å². The van der Waals surface area contributed by atoms with Gasteiger partial charge in [-0.2, -0.15) is 4.98 Å². The van der Waals surface area contributed by atoms with Gasteiger partial charge in [0.1, 0.15) is 0 Å². The predicted octanol–water partition coefficient (Wildman–Crippen LogP) is 2.67. The van der Waals surface area contributed by atoms with Crippen LogP contribution in [0.3, 0.4) is 0 Å². The third kappa shape index (κ3) is 3.83. The number of ether oxygens (including phenoxy) is 1. The van der Waals surface area contributed by atoms with Crippen LogP contribution in [0.15, 0.2) is 4.52 Å². The molecule has 2 aliphatic rings. The Bertz CT molecular complexity index is 423. The minimum Gasteiger partial charge on any atom is -0.381 e. The van der Waals surface area contributed by atoms with Gasteiger partial charge >= 0.3 is 0 Å². The second-order valence-corrected chi connectivity index (χ2v) is 6.42. The maximum absolute atomic E-state index is 5.49. The number of hydrogen-bond donors (Lipinski definition) is 1. The molecule has 1 aromatic heterocycles. The molecule has 3 rings (SSSR count). The van der Waals surface area contributed by atoms with Crippen molar-refractivity contribution in [1.29, 1.82) is 0 Å². The van der Waals surface area contributed by atoms with E-state index in [1.807, 2.05) is 0 Å². The van der Waals surface area contributed by atoms with Crippen molar-refractivity contribution in [2.24, 2.45) is 5.92 Å². The standard InChI is InChI=1S/C16H27N3O2/c1-2-8-17-14(12-5-3-4-6-12)10-15-18-16(19-21-15)13-7-9-20-11-13/h12-14,17H,2-11H2,1H3. The molecule has 1 saturated carbocycles. The van der Waals surface area contributed by atoms with E-state index in [2.05, 4.69) is 22.4 Å². The van der Waals surface area contributed by atoms with E-state index in [1.165, 1.54) is 25.7 Å². The number of rotatable bonds is 7. The van der Waals surface area contributed by atoms with E-state index in [0.29, 0.717) is 12.0 Å². The van der Waals surface area contributed by atoms with Gasteiger partial charge in [-0.25, -0.2) is 0 Å². The van der Waals surface area contributed by atoms with Crippen LogP contribution in [0, 0.1) is 5.92 Å². The molecule has 0 bridgehead atoms. The quantitative estimate of drug-likeness (QED) is 0.837. The lowest BCUT2D eigenvalue weighted by Gasteiger charge is -2.23. The van der Waals surface area contributed by atoms with E-state index < -0.39 is 0 Å². The summed E-state index contributed by atoms with van der Waals surface area (Å²) in [5.74, 6) is 2.72. The average Bonchev–Trinajstić information content (AvgIpc) is 3.24. The molecule has 2 atom stereocenters. The molecule has 1 saturated heterocycles. The van der Waals surface area contributed by atoms with Gasteiger partial charge in [0.25, 0.3) is 0 Å². The third-order valence-corrected chi connectivity index (χ3v) is 4.80. The first-order chi connectivity index (χ1) is 10.4. The molecule has 2 heterocycles. The van der Waals surface area contributed by atoms with E-state index in [9.17, 15) is 0 Å². The fourth-order valence-electron chi connectivity index (χ4n) is 3.54. The minimum absolute atomic E-state index is 0.330. The van der Waals surface area contributed by atoms with Crippen LogP contribution in [0.25, 0.3) is 0 Å². The monoisotopic (exact) mass is 293 g/mol. The fourth-order valence-corrected chi connectivity index (χ4v) is 3.54. The summed E-state index contributed by atoms with van der Waals surface area (Å²) in [4.78, 5) is 4.61. The lowest BCUT2D eigenvalue weighted by atomic mass is 9.95. The molecule has 5 heteroatoms. The first-order valence-corrected chi connectivity index (χ1v) is 8.50. The van der Waals surface area contributed by atoms with Gasteiger partial charge in [-0.3, -0.25) is 0 Å². The maximum atomic E-state index is 5.49. The van der Waals surface area contributed by atoms with Crippen molar-refractivity contribution in [1.82, 2.24) is 15.5 Å². The Kier molecular flexibility index (Phi) is 5.25. The summed E-state index contributed by atoms with van der Waals surface area (Å²) >= 11 is 0. The molecule has 0 spiro atoms. The highest BCUT2D eigenvalue weighted by Crippen LogP contribution is 2.29. The Morgan fingerprint density at radius 2 is 2.14 bits per heavy atom. The van der Waals surface area contributed by atoms with Gasteiger partial charge < -0.3 is 14.6 Å². The van der Waals surface area contributed by atoms with Crippen LogP contribution in [-0.2, 0) is 11.2 Å². The molecule has 1 N–H and O–H groups in total. The van der Waals surface area contributed by atoms with Gasteiger partial charge in [-0.05, 0) is 38.1 Å². The Labute approximate surface area is 126 Å². The van der Waals surface area contributed by atoms with E-state index in [-0.39, 0.29) is 0 Å². The van der Waals surface area contributed by atoms with Crippen LogP contribution in [0.2, 0.25) is 0 Å². The number of hydrogen-bond acceptors (Lipinski definition) is 5. The minimum atomic E-state index is 0.330. The molecule has 5 nitrogen and oxygen atoms in total. The van der Waals surface area contributed by atoms with Crippen molar-refractivity contribution < 1.29 is 9.26 Å². The van der Waals surface area contributed by atoms with Gasteiger partial charge in [-0.1, -0.05) is 24.9 Å². The maximum Gasteiger partial charge on any atom is 0.228 e. The molecular weight excluding hydrogens is 266 g/mol. The molecule has 21 heavy (non-hydrogen) atoms. The van der Waals surface area contributed by atoms with Crippen LogP contribution in [0.5, 0.6) is 0 Å². The number of aromatic nitrogens is 2. The summed E-state index contributed by atoms with van der Waals surface area (Å²) in [5.41, 5.74) is 0. The second-order valence-electron chi connectivity index (χ2n) is 6.42. The normalized spacial score (nSPS) is 24.7. The van der Waals surface area contributed by atoms with Crippen molar-refractivity contribution in [2.75, 3.05) is 19.8 Å². The molecule has 0 aromatic carbocycles. The zero-order chi connectivity index (χ0) is 14.5. The summed E-state index contributed by atoms with van der Waals surface area (Å²) in [5, 5.41) is 7.85. The van der Waals surface area contributed by atoms with Crippen LogP contribution in [0.4, 0.5) is 0 Å². The molecule has 2 fully saturated rings. The Hall–Kier alpha value is -0.940. The van der Waals surface area contributed by atoms with Crippen molar-refractivity contribution >= 4 is 0 Å². The van der Waals surface area contributed by atoms with E-state index in [0.717, 1.165) is 56.7 Å². The van der Waals surface area contributed by atoms with Gasteiger partial charge in [0.15, 0.2) is 5.82 Å². The summed E-state index contributed by atoms with van der Waals surface area (Å²) < 4.78 is 10.9. The highest BCUT2D eigenvalue weighted by atomic mass is 16.5.